The normalized spacial score (nSPS) is 17.9. The number of carbonyl (C=O) groups is 2. The van der Waals surface area contributed by atoms with Crippen molar-refractivity contribution < 1.29 is 28.5 Å². The van der Waals surface area contributed by atoms with Crippen LogP contribution in [0.1, 0.15) is 35.2 Å². The van der Waals surface area contributed by atoms with Crippen molar-refractivity contribution in [1.29, 1.82) is 0 Å². The number of nitrogens with zero attached hydrogens (tertiary/aromatic N) is 2. The molecule has 0 bridgehead atoms. The number of ether oxygens (including phenoxy) is 4. The van der Waals surface area contributed by atoms with E-state index >= 15 is 0 Å². The number of morpholine rings is 1. The number of anilines is 1. The fourth-order valence-electron chi connectivity index (χ4n) is 4.56. The highest BCUT2D eigenvalue weighted by molar-refractivity contribution is 6.34. The van der Waals surface area contributed by atoms with Crippen LogP contribution in [-0.2, 0) is 14.3 Å². The summed E-state index contributed by atoms with van der Waals surface area (Å²) in [5.74, 6) is 0.160. The van der Waals surface area contributed by atoms with Crippen LogP contribution in [0, 0.1) is 0 Å². The molecule has 0 atom stereocenters. The summed E-state index contributed by atoms with van der Waals surface area (Å²) >= 11 is 6.36. The van der Waals surface area contributed by atoms with Crippen LogP contribution in [0.4, 0.5) is 5.69 Å². The van der Waals surface area contributed by atoms with Gasteiger partial charge in [-0.25, -0.2) is 4.79 Å². The Morgan fingerprint density at radius 2 is 1.91 bits per heavy atom. The quantitative estimate of drug-likeness (QED) is 0.211. The Labute approximate surface area is 256 Å². The number of rotatable bonds is 11. The van der Waals surface area contributed by atoms with Crippen LogP contribution in [0.25, 0.3) is 5.70 Å². The van der Waals surface area contributed by atoms with Crippen molar-refractivity contribution in [2.24, 2.45) is 10.7 Å². The molecule has 0 spiro atoms. The fourth-order valence-corrected chi connectivity index (χ4v) is 4.82. The van der Waals surface area contributed by atoms with E-state index in [9.17, 15) is 9.59 Å². The van der Waals surface area contributed by atoms with Gasteiger partial charge in [0.1, 0.15) is 0 Å². The van der Waals surface area contributed by atoms with Gasteiger partial charge < -0.3 is 30.0 Å². The molecule has 0 aliphatic carbocycles. The van der Waals surface area contributed by atoms with Crippen molar-refractivity contribution in [3.05, 3.63) is 82.5 Å². The molecule has 2 aromatic carbocycles. The number of halogens is 1. The van der Waals surface area contributed by atoms with Crippen LogP contribution in [0.5, 0.6) is 11.5 Å². The zero-order chi connectivity index (χ0) is 30.6. The predicted molar refractivity (Wildman–Crippen MR) is 168 cm³/mol. The van der Waals surface area contributed by atoms with Crippen LogP contribution >= 0.6 is 11.6 Å². The van der Waals surface area contributed by atoms with Gasteiger partial charge in [0.05, 0.1) is 56.0 Å². The summed E-state index contributed by atoms with van der Waals surface area (Å²) in [5, 5.41) is 2.89. The molecule has 2 aliphatic rings. The first-order valence-electron chi connectivity index (χ1n) is 14.1. The zero-order valence-corrected chi connectivity index (χ0v) is 25.2. The summed E-state index contributed by atoms with van der Waals surface area (Å²) in [4.78, 5) is 32.5. The standard InChI is InChI=1S/C32H37ClN4O6/c1-40-29-12-9-22(19-30(29)41-2)28-8-5-3-4-7-23(35-28)21-27(34)31(38)36-24-10-11-25(26(33)20-24)32(39)43-16-6-13-37-14-17-42-18-15-37/h3,5,8-12,19-21H,4,6-7,13-18,34H2,1-2H3,(H,36,38)/b5-3-,27-21?,28-8-,35-23?. The maximum Gasteiger partial charge on any atom is 0.339 e. The number of amides is 1. The van der Waals surface area contributed by atoms with Crippen LogP contribution < -0.4 is 20.5 Å². The molecule has 3 N–H and O–H groups in total. The van der Waals surface area contributed by atoms with E-state index in [1.54, 1.807) is 26.4 Å². The lowest BCUT2D eigenvalue weighted by Gasteiger charge is -2.26. The number of benzene rings is 2. The summed E-state index contributed by atoms with van der Waals surface area (Å²) in [6.07, 6.45) is 9.47. The first-order chi connectivity index (χ1) is 20.9. The molecule has 10 nitrogen and oxygen atoms in total. The van der Waals surface area contributed by atoms with E-state index in [4.69, 9.17) is 41.3 Å². The Morgan fingerprint density at radius 1 is 1.12 bits per heavy atom. The van der Waals surface area contributed by atoms with Gasteiger partial charge in [0.25, 0.3) is 5.91 Å². The highest BCUT2D eigenvalue weighted by Gasteiger charge is 2.16. The number of esters is 1. The molecule has 2 heterocycles. The first kappa shape index (κ1) is 31.8. The number of aliphatic imine (C=N–C) groups is 1. The number of hydrogen-bond donors (Lipinski definition) is 2. The summed E-state index contributed by atoms with van der Waals surface area (Å²) in [6.45, 7) is 4.34. The average molecular weight is 609 g/mol. The highest BCUT2D eigenvalue weighted by Crippen LogP contribution is 2.31. The lowest BCUT2D eigenvalue weighted by molar-refractivity contribution is -0.112. The second-order valence-corrected chi connectivity index (χ2v) is 10.3. The third-order valence-corrected chi connectivity index (χ3v) is 7.20. The smallest absolute Gasteiger partial charge is 0.339 e. The summed E-state index contributed by atoms with van der Waals surface area (Å²) in [6, 6.07) is 10.1. The Kier molecular flexibility index (Phi) is 11.8. The lowest BCUT2D eigenvalue weighted by Crippen LogP contribution is -2.37. The number of allylic oxidation sites excluding steroid dienone is 4. The number of carbonyl (C=O) groups excluding carboxylic acids is 2. The van der Waals surface area contributed by atoms with Crippen molar-refractivity contribution >= 4 is 40.6 Å². The van der Waals surface area contributed by atoms with Gasteiger partial charge in [0, 0.05) is 36.6 Å². The predicted octanol–water partition coefficient (Wildman–Crippen LogP) is 4.85. The number of nitrogens with two attached hydrogens (primary N) is 1. The van der Waals surface area contributed by atoms with Gasteiger partial charge in [0.2, 0.25) is 0 Å². The molecule has 0 unspecified atom stereocenters. The highest BCUT2D eigenvalue weighted by atomic mass is 35.5. The van der Waals surface area contributed by atoms with E-state index in [1.807, 2.05) is 36.4 Å². The monoisotopic (exact) mass is 608 g/mol. The topological polar surface area (TPSA) is 125 Å². The molecule has 228 valence electrons. The minimum absolute atomic E-state index is 0.0187. The van der Waals surface area contributed by atoms with Crippen molar-refractivity contribution in [1.82, 2.24) is 4.90 Å². The van der Waals surface area contributed by atoms with Gasteiger partial charge in [-0.3, -0.25) is 14.7 Å². The molecule has 2 aliphatic heterocycles. The van der Waals surface area contributed by atoms with Gasteiger partial charge in [0.15, 0.2) is 11.5 Å². The van der Waals surface area contributed by atoms with Crippen LogP contribution in [-0.4, -0.2) is 76.2 Å². The van der Waals surface area contributed by atoms with Crippen molar-refractivity contribution in [3.63, 3.8) is 0 Å². The average Bonchev–Trinajstić information content (AvgIpc) is 3.00. The molecule has 1 amide bonds. The van der Waals surface area contributed by atoms with E-state index in [0.29, 0.717) is 35.0 Å². The number of hydrogen-bond acceptors (Lipinski definition) is 9. The van der Waals surface area contributed by atoms with E-state index in [-0.39, 0.29) is 22.9 Å². The molecule has 0 radical (unpaired) electrons. The molecule has 1 saturated heterocycles. The Hall–Kier alpha value is -4.12. The molecule has 0 aromatic heterocycles. The second-order valence-electron chi connectivity index (χ2n) is 9.88. The van der Waals surface area contributed by atoms with E-state index < -0.39 is 11.9 Å². The van der Waals surface area contributed by atoms with Gasteiger partial charge in [-0.05, 0) is 67.8 Å². The third-order valence-electron chi connectivity index (χ3n) is 6.89. The van der Waals surface area contributed by atoms with Gasteiger partial charge >= 0.3 is 5.97 Å². The minimum atomic E-state index is -0.522. The molecule has 0 saturated carbocycles. The van der Waals surface area contributed by atoms with E-state index in [0.717, 1.165) is 51.3 Å². The lowest BCUT2D eigenvalue weighted by atomic mass is 10.1. The maximum atomic E-state index is 12.9. The van der Waals surface area contributed by atoms with Gasteiger partial charge in [-0.1, -0.05) is 23.8 Å². The molecule has 43 heavy (non-hydrogen) atoms. The van der Waals surface area contributed by atoms with E-state index in [2.05, 4.69) is 10.2 Å². The first-order valence-corrected chi connectivity index (χ1v) is 14.5. The van der Waals surface area contributed by atoms with Crippen molar-refractivity contribution in [3.8, 4) is 11.5 Å². The summed E-state index contributed by atoms with van der Waals surface area (Å²) in [5.41, 5.74) is 8.92. The second kappa shape index (κ2) is 15.9. The number of methoxy groups -OCH3 is 2. The van der Waals surface area contributed by atoms with Crippen LogP contribution in [0.2, 0.25) is 5.02 Å². The summed E-state index contributed by atoms with van der Waals surface area (Å²) < 4.78 is 21.5. The molecular formula is C32H37ClN4O6. The largest absolute Gasteiger partial charge is 0.493 e. The zero-order valence-electron chi connectivity index (χ0n) is 24.4. The maximum absolute atomic E-state index is 12.9. The number of nitrogens with one attached hydrogen (secondary N) is 1. The summed E-state index contributed by atoms with van der Waals surface area (Å²) in [7, 11) is 3.15. The van der Waals surface area contributed by atoms with Gasteiger partial charge in [-0.15, -0.1) is 0 Å². The Balaban J connectivity index is 1.37. The van der Waals surface area contributed by atoms with Crippen molar-refractivity contribution in [2.45, 2.75) is 19.3 Å². The molecule has 1 fully saturated rings. The fraction of sp³-hybridized carbons (Fsp3) is 0.344. The Bertz CT molecular complexity index is 1430. The molecule has 2 aromatic rings. The van der Waals surface area contributed by atoms with Crippen molar-refractivity contribution in [2.75, 3.05) is 59.0 Å². The Morgan fingerprint density at radius 3 is 2.65 bits per heavy atom. The van der Waals surface area contributed by atoms with Crippen LogP contribution in [0.15, 0.2) is 71.4 Å². The van der Waals surface area contributed by atoms with E-state index in [1.165, 1.54) is 12.1 Å². The SMILES string of the molecule is COc1ccc(/C2=C/C=C\CCC(C=C(N)C(=O)Nc3ccc(C(=O)OCCCN4CCOCC4)c(Cl)c3)=N2)cc1OC. The molecular weight excluding hydrogens is 572 g/mol. The minimum Gasteiger partial charge on any atom is -0.493 e. The molecule has 4 rings (SSSR count). The third kappa shape index (κ3) is 9.18. The molecule has 11 heteroatoms. The van der Waals surface area contributed by atoms with Gasteiger partial charge in [-0.2, -0.15) is 0 Å². The van der Waals surface area contributed by atoms with Crippen LogP contribution in [0.3, 0.4) is 0 Å².